The minimum Gasteiger partial charge on any atom is -0.321 e. The molecule has 2 heterocycles. The molecule has 0 aliphatic carbocycles. The second-order valence-electron chi connectivity index (χ2n) is 4.04. The summed E-state index contributed by atoms with van der Waals surface area (Å²) in [5.74, 6) is 7.15. The van der Waals surface area contributed by atoms with Crippen molar-refractivity contribution in [1.29, 1.82) is 0 Å². The van der Waals surface area contributed by atoms with Crippen LogP contribution in [0.2, 0.25) is 0 Å². The molecule has 0 saturated carbocycles. The Morgan fingerprint density at radius 1 is 1.61 bits per heavy atom. The largest absolute Gasteiger partial charge is 0.321 e. The zero-order valence-electron chi connectivity index (χ0n) is 10.0. The lowest BCUT2D eigenvalue weighted by atomic mass is 10.3. The number of hydrazine groups is 1. The number of nitrogen functional groups attached to an aromatic ring is 1. The molecule has 1 atom stereocenters. The van der Waals surface area contributed by atoms with Crippen LogP contribution in [0.5, 0.6) is 0 Å². The highest BCUT2D eigenvalue weighted by atomic mass is 32.2. The summed E-state index contributed by atoms with van der Waals surface area (Å²) in [6.07, 6.45) is 2.32. The van der Waals surface area contributed by atoms with Crippen LogP contribution in [0.25, 0.3) is 0 Å². The molecular weight excluding hydrogens is 272 g/mol. The first-order chi connectivity index (χ1) is 8.57. The Balaban J connectivity index is 2.35. The fraction of sp³-hybridized carbons (Fsp3) is 0.500. The molecule has 0 bridgehead atoms. The average Bonchev–Trinajstić information content (AvgIpc) is 2.91. The van der Waals surface area contributed by atoms with Gasteiger partial charge < -0.3 is 5.43 Å². The van der Waals surface area contributed by atoms with Crippen molar-refractivity contribution in [2.45, 2.75) is 17.5 Å². The van der Waals surface area contributed by atoms with Crippen molar-refractivity contribution < 1.29 is 8.42 Å². The first kappa shape index (κ1) is 13.6. The van der Waals surface area contributed by atoms with Gasteiger partial charge in [0.1, 0.15) is 0 Å². The predicted molar refractivity (Wildman–Crippen MR) is 72.7 cm³/mol. The Kier molecular flexibility index (Phi) is 4.10. The van der Waals surface area contributed by atoms with Gasteiger partial charge in [-0.1, -0.05) is 0 Å². The van der Waals surface area contributed by atoms with E-state index in [0.29, 0.717) is 5.69 Å². The minimum absolute atomic E-state index is 0.0214. The number of nitrogens with one attached hydrogen (secondary N) is 1. The van der Waals surface area contributed by atoms with Crippen LogP contribution in [-0.4, -0.2) is 42.3 Å². The molecule has 1 saturated heterocycles. The Morgan fingerprint density at radius 2 is 2.39 bits per heavy atom. The lowest BCUT2D eigenvalue weighted by Crippen LogP contribution is -2.37. The SMILES string of the molecule is CN(C1CCSC1)S(=O)(=O)c1ncccc1NN. The maximum absolute atomic E-state index is 12.5. The highest BCUT2D eigenvalue weighted by Gasteiger charge is 2.32. The van der Waals surface area contributed by atoms with E-state index in [1.165, 1.54) is 10.5 Å². The summed E-state index contributed by atoms with van der Waals surface area (Å²) < 4.78 is 26.3. The molecule has 18 heavy (non-hydrogen) atoms. The van der Waals surface area contributed by atoms with Crippen molar-refractivity contribution in [1.82, 2.24) is 9.29 Å². The molecule has 8 heteroatoms. The summed E-state index contributed by atoms with van der Waals surface area (Å²) in [5.41, 5.74) is 2.69. The van der Waals surface area contributed by atoms with Crippen LogP contribution in [0, 0.1) is 0 Å². The summed E-state index contributed by atoms with van der Waals surface area (Å²) in [4.78, 5) is 3.93. The van der Waals surface area contributed by atoms with E-state index in [2.05, 4.69) is 10.4 Å². The Bertz CT molecular complexity index is 514. The van der Waals surface area contributed by atoms with Crippen LogP contribution in [0.15, 0.2) is 23.4 Å². The first-order valence-corrected chi connectivity index (χ1v) is 8.14. The second kappa shape index (κ2) is 5.43. The predicted octanol–water partition coefficient (Wildman–Crippen LogP) is 0.493. The number of aromatic nitrogens is 1. The molecule has 0 aromatic carbocycles. The number of rotatable bonds is 4. The maximum Gasteiger partial charge on any atom is 0.262 e. The van der Waals surface area contributed by atoms with Gasteiger partial charge in [-0.25, -0.2) is 13.4 Å². The number of pyridine rings is 1. The molecule has 1 aliphatic rings. The lowest BCUT2D eigenvalue weighted by Gasteiger charge is -2.23. The monoisotopic (exact) mass is 288 g/mol. The molecule has 2 rings (SSSR count). The molecule has 0 radical (unpaired) electrons. The van der Waals surface area contributed by atoms with Gasteiger partial charge >= 0.3 is 0 Å². The van der Waals surface area contributed by atoms with Crippen LogP contribution in [0.3, 0.4) is 0 Å². The van der Waals surface area contributed by atoms with E-state index in [4.69, 9.17) is 5.84 Å². The average molecular weight is 288 g/mol. The fourth-order valence-corrected chi connectivity index (χ4v) is 4.65. The highest BCUT2D eigenvalue weighted by molar-refractivity contribution is 7.99. The van der Waals surface area contributed by atoms with Crippen molar-refractivity contribution >= 4 is 27.5 Å². The topological polar surface area (TPSA) is 88.3 Å². The van der Waals surface area contributed by atoms with Crippen LogP contribution in [-0.2, 0) is 10.0 Å². The van der Waals surface area contributed by atoms with Gasteiger partial charge in [-0.3, -0.25) is 5.84 Å². The number of thioether (sulfide) groups is 1. The van der Waals surface area contributed by atoms with Gasteiger partial charge in [0.15, 0.2) is 5.03 Å². The van der Waals surface area contributed by atoms with Gasteiger partial charge in [-0.05, 0) is 24.3 Å². The lowest BCUT2D eigenvalue weighted by molar-refractivity contribution is 0.393. The van der Waals surface area contributed by atoms with Gasteiger partial charge in [0.05, 0.1) is 5.69 Å². The van der Waals surface area contributed by atoms with E-state index in [9.17, 15) is 8.42 Å². The molecule has 1 aromatic rings. The standard InChI is InChI=1S/C10H16N4O2S2/c1-14(8-4-6-17-7-8)18(15,16)10-9(13-11)3-2-5-12-10/h2-3,5,8,13H,4,6-7,11H2,1H3. The van der Waals surface area contributed by atoms with Crippen molar-refractivity contribution in [3.8, 4) is 0 Å². The van der Waals surface area contributed by atoms with Gasteiger partial charge in [0.2, 0.25) is 0 Å². The molecule has 0 amide bonds. The smallest absolute Gasteiger partial charge is 0.262 e. The third kappa shape index (κ3) is 2.46. The van der Waals surface area contributed by atoms with E-state index >= 15 is 0 Å². The maximum atomic E-state index is 12.5. The zero-order chi connectivity index (χ0) is 13.2. The number of sulfonamides is 1. The van der Waals surface area contributed by atoms with Gasteiger partial charge in [-0.2, -0.15) is 16.1 Å². The van der Waals surface area contributed by atoms with E-state index in [1.807, 2.05) is 0 Å². The third-order valence-corrected chi connectivity index (χ3v) is 5.99. The molecule has 1 fully saturated rings. The van der Waals surface area contributed by atoms with Crippen LogP contribution in [0.4, 0.5) is 5.69 Å². The molecule has 100 valence electrons. The molecule has 3 N–H and O–H groups in total. The first-order valence-electron chi connectivity index (χ1n) is 5.55. The number of nitrogens with two attached hydrogens (primary N) is 1. The van der Waals surface area contributed by atoms with E-state index in [0.717, 1.165) is 17.9 Å². The Labute approximate surface area is 111 Å². The van der Waals surface area contributed by atoms with Gasteiger partial charge in [0.25, 0.3) is 10.0 Å². The summed E-state index contributed by atoms with van der Waals surface area (Å²) in [6.45, 7) is 0. The normalized spacial score (nSPS) is 20.3. The molecule has 6 nitrogen and oxygen atoms in total. The second-order valence-corrected chi connectivity index (χ2v) is 7.10. The van der Waals surface area contributed by atoms with Crippen molar-refractivity contribution in [3.05, 3.63) is 18.3 Å². The molecule has 1 aliphatic heterocycles. The number of anilines is 1. The summed E-state index contributed by atoms with van der Waals surface area (Å²) in [6, 6.07) is 3.27. The summed E-state index contributed by atoms with van der Waals surface area (Å²) >= 11 is 1.76. The fourth-order valence-electron chi connectivity index (χ4n) is 1.85. The Morgan fingerprint density at radius 3 is 3.00 bits per heavy atom. The van der Waals surface area contributed by atoms with E-state index in [-0.39, 0.29) is 11.1 Å². The van der Waals surface area contributed by atoms with E-state index in [1.54, 1.807) is 30.9 Å². The molecule has 1 unspecified atom stereocenters. The molecule has 0 spiro atoms. The highest BCUT2D eigenvalue weighted by Crippen LogP contribution is 2.27. The number of nitrogens with zero attached hydrogens (tertiary/aromatic N) is 2. The van der Waals surface area contributed by atoms with Gasteiger partial charge in [-0.15, -0.1) is 0 Å². The van der Waals surface area contributed by atoms with Crippen molar-refractivity contribution in [2.24, 2.45) is 5.84 Å². The minimum atomic E-state index is -3.60. The molecular formula is C10H16N4O2S2. The van der Waals surface area contributed by atoms with Gasteiger partial charge in [0, 0.05) is 25.0 Å². The molecule has 1 aromatic heterocycles. The summed E-state index contributed by atoms with van der Waals surface area (Å²) in [5, 5.41) is -0.0214. The quantitative estimate of drug-likeness (QED) is 0.619. The zero-order valence-corrected chi connectivity index (χ0v) is 11.7. The van der Waals surface area contributed by atoms with Crippen LogP contribution >= 0.6 is 11.8 Å². The van der Waals surface area contributed by atoms with Crippen molar-refractivity contribution in [2.75, 3.05) is 24.0 Å². The third-order valence-electron chi connectivity index (χ3n) is 2.97. The number of hydrogen-bond donors (Lipinski definition) is 2. The van der Waals surface area contributed by atoms with E-state index < -0.39 is 10.0 Å². The summed E-state index contributed by atoms with van der Waals surface area (Å²) in [7, 11) is -2.00. The van der Waals surface area contributed by atoms with Crippen LogP contribution in [0.1, 0.15) is 6.42 Å². The van der Waals surface area contributed by atoms with Crippen LogP contribution < -0.4 is 11.3 Å². The Hall–Kier alpha value is -0.830. The van der Waals surface area contributed by atoms with Crippen molar-refractivity contribution in [3.63, 3.8) is 0 Å². The number of hydrogen-bond acceptors (Lipinski definition) is 6.